The summed E-state index contributed by atoms with van der Waals surface area (Å²) in [6.07, 6.45) is 4.53. The molecule has 4 rings (SSSR count). The van der Waals surface area contributed by atoms with Crippen LogP contribution >= 0.6 is 11.6 Å². The standard InChI is InChI=1S/C31H35ClN4O2/c32-26-14-11-23(12-15-26)13-16-30(37)34-21-27-18-20-36(31(38)29(35-27)17-19-33)22-28(24-7-3-1-4-8-24)25-9-5-2-6-10-25/h1-16,27-29,35H,17-22,33H2,(H,34,37). The van der Waals surface area contributed by atoms with Gasteiger partial charge >= 0.3 is 0 Å². The maximum Gasteiger partial charge on any atom is 0.244 e. The van der Waals surface area contributed by atoms with Gasteiger partial charge in [-0.1, -0.05) is 84.4 Å². The Morgan fingerprint density at radius 2 is 1.66 bits per heavy atom. The summed E-state index contributed by atoms with van der Waals surface area (Å²) in [6, 6.07) is 27.5. The lowest BCUT2D eigenvalue weighted by atomic mass is 9.90. The SMILES string of the molecule is NCCC1NC(CNC(=O)C=Cc2ccc(Cl)cc2)CCN(CC(c2ccccc2)c2ccccc2)C1=O. The smallest absolute Gasteiger partial charge is 0.244 e. The summed E-state index contributed by atoms with van der Waals surface area (Å²) in [4.78, 5) is 28.0. The van der Waals surface area contributed by atoms with Gasteiger partial charge in [0.1, 0.15) is 0 Å². The van der Waals surface area contributed by atoms with E-state index in [9.17, 15) is 9.59 Å². The van der Waals surface area contributed by atoms with Crippen LogP contribution in [0.5, 0.6) is 0 Å². The van der Waals surface area contributed by atoms with Gasteiger partial charge in [0, 0.05) is 42.7 Å². The number of carbonyl (C=O) groups excluding carboxylic acids is 2. The van der Waals surface area contributed by atoms with E-state index in [2.05, 4.69) is 34.9 Å². The van der Waals surface area contributed by atoms with Crippen molar-refractivity contribution in [2.24, 2.45) is 5.73 Å². The average Bonchev–Trinajstić information content (AvgIpc) is 3.09. The molecule has 2 unspecified atom stereocenters. The minimum Gasteiger partial charge on any atom is -0.351 e. The fourth-order valence-electron chi connectivity index (χ4n) is 4.82. The number of nitrogens with zero attached hydrogens (tertiary/aromatic N) is 1. The number of hydrogen-bond acceptors (Lipinski definition) is 4. The summed E-state index contributed by atoms with van der Waals surface area (Å²) in [5.41, 5.74) is 9.12. The minimum atomic E-state index is -0.388. The molecule has 2 atom stereocenters. The Bertz CT molecular complexity index is 1160. The molecule has 0 bridgehead atoms. The molecule has 1 aliphatic rings. The van der Waals surface area contributed by atoms with Crippen molar-refractivity contribution in [3.8, 4) is 0 Å². The first-order valence-corrected chi connectivity index (χ1v) is 13.5. The Morgan fingerprint density at radius 3 is 2.26 bits per heavy atom. The predicted octanol–water partition coefficient (Wildman–Crippen LogP) is 4.21. The molecule has 0 aromatic heterocycles. The molecule has 4 N–H and O–H groups in total. The number of amides is 2. The van der Waals surface area contributed by atoms with Gasteiger partial charge in [-0.05, 0) is 54.3 Å². The summed E-state index contributed by atoms with van der Waals surface area (Å²) in [7, 11) is 0. The Balaban J connectivity index is 1.42. The van der Waals surface area contributed by atoms with Crippen molar-refractivity contribution in [3.63, 3.8) is 0 Å². The average molecular weight is 531 g/mol. The zero-order chi connectivity index (χ0) is 26.7. The van der Waals surface area contributed by atoms with E-state index >= 15 is 0 Å². The lowest BCUT2D eigenvalue weighted by molar-refractivity contribution is -0.133. The summed E-state index contributed by atoms with van der Waals surface area (Å²) in [5, 5.41) is 7.08. The van der Waals surface area contributed by atoms with Gasteiger partial charge in [-0.15, -0.1) is 0 Å². The van der Waals surface area contributed by atoms with E-state index in [0.717, 1.165) is 12.0 Å². The third-order valence-corrected chi connectivity index (χ3v) is 7.13. The fourth-order valence-corrected chi connectivity index (χ4v) is 4.95. The van der Waals surface area contributed by atoms with Gasteiger partial charge in [0.15, 0.2) is 0 Å². The first-order valence-electron chi connectivity index (χ1n) is 13.1. The van der Waals surface area contributed by atoms with Gasteiger partial charge in [0.2, 0.25) is 11.8 Å². The number of hydrogen-bond donors (Lipinski definition) is 3. The molecule has 0 radical (unpaired) electrons. The molecule has 0 saturated carbocycles. The van der Waals surface area contributed by atoms with E-state index in [1.54, 1.807) is 18.2 Å². The highest BCUT2D eigenvalue weighted by Crippen LogP contribution is 2.27. The fraction of sp³-hybridized carbons (Fsp3) is 0.290. The van der Waals surface area contributed by atoms with Crippen molar-refractivity contribution < 1.29 is 9.59 Å². The Labute approximate surface area is 229 Å². The number of halogens is 1. The maximum absolute atomic E-state index is 13.6. The van der Waals surface area contributed by atoms with E-state index < -0.39 is 0 Å². The number of benzene rings is 3. The largest absolute Gasteiger partial charge is 0.351 e. The van der Waals surface area contributed by atoms with Crippen LogP contribution in [0.2, 0.25) is 5.02 Å². The highest BCUT2D eigenvalue weighted by atomic mass is 35.5. The van der Waals surface area contributed by atoms with Crippen molar-refractivity contribution >= 4 is 29.5 Å². The lowest BCUT2D eigenvalue weighted by Crippen LogP contribution is -2.49. The summed E-state index contributed by atoms with van der Waals surface area (Å²) in [5.74, 6) is -0.0596. The second kappa shape index (κ2) is 13.9. The van der Waals surface area contributed by atoms with E-state index in [4.69, 9.17) is 17.3 Å². The van der Waals surface area contributed by atoms with Crippen LogP contribution in [-0.4, -0.2) is 55.0 Å². The highest BCUT2D eigenvalue weighted by molar-refractivity contribution is 6.30. The second-order valence-corrected chi connectivity index (χ2v) is 10.0. The molecule has 38 heavy (non-hydrogen) atoms. The normalized spacial score (nSPS) is 18.1. The first kappa shape index (κ1) is 27.6. The lowest BCUT2D eigenvalue weighted by Gasteiger charge is -2.29. The van der Waals surface area contributed by atoms with Crippen LogP contribution in [-0.2, 0) is 9.59 Å². The van der Waals surface area contributed by atoms with Crippen LogP contribution in [0.4, 0.5) is 0 Å². The van der Waals surface area contributed by atoms with Crippen molar-refractivity contribution in [3.05, 3.63) is 113 Å². The summed E-state index contributed by atoms with van der Waals surface area (Å²) in [6.45, 7) is 2.01. The van der Waals surface area contributed by atoms with Crippen LogP contribution in [0.3, 0.4) is 0 Å². The first-order chi connectivity index (χ1) is 18.5. The van der Waals surface area contributed by atoms with E-state index in [1.807, 2.05) is 53.4 Å². The Hall–Kier alpha value is -3.45. The van der Waals surface area contributed by atoms with Crippen molar-refractivity contribution in [1.29, 1.82) is 0 Å². The quantitative estimate of drug-likeness (QED) is 0.343. The molecule has 0 spiro atoms. The topological polar surface area (TPSA) is 87.5 Å². The molecular weight excluding hydrogens is 496 g/mol. The number of carbonyl (C=O) groups is 2. The molecule has 0 aliphatic carbocycles. The molecule has 1 heterocycles. The molecule has 3 aromatic carbocycles. The van der Waals surface area contributed by atoms with Gasteiger partial charge in [0.05, 0.1) is 6.04 Å². The van der Waals surface area contributed by atoms with Crippen molar-refractivity contribution in [2.45, 2.75) is 30.8 Å². The highest BCUT2D eigenvalue weighted by Gasteiger charge is 2.32. The Morgan fingerprint density at radius 1 is 1.03 bits per heavy atom. The zero-order valence-corrected chi connectivity index (χ0v) is 22.2. The molecule has 2 amide bonds. The van der Waals surface area contributed by atoms with Gasteiger partial charge in [0.25, 0.3) is 0 Å². The van der Waals surface area contributed by atoms with Gasteiger partial charge in [-0.2, -0.15) is 0 Å². The van der Waals surface area contributed by atoms with Crippen LogP contribution in [0.1, 0.15) is 35.4 Å². The van der Waals surface area contributed by atoms with Crippen LogP contribution in [0.25, 0.3) is 6.08 Å². The van der Waals surface area contributed by atoms with Gasteiger partial charge in [-0.3, -0.25) is 9.59 Å². The summed E-state index contributed by atoms with van der Waals surface area (Å²) >= 11 is 5.92. The van der Waals surface area contributed by atoms with Crippen molar-refractivity contribution in [1.82, 2.24) is 15.5 Å². The Kier molecular flexibility index (Phi) is 10.1. The van der Waals surface area contributed by atoms with Crippen molar-refractivity contribution in [2.75, 3.05) is 26.2 Å². The van der Waals surface area contributed by atoms with E-state index in [-0.39, 0.29) is 29.8 Å². The van der Waals surface area contributed by atoms with Crippen LogP contribution < -0.4 is 16.4 Å². The molecular formula is C31H35ClN4O2. The number of rotatable bonds is 10. The van der Waals surface area contributed by atoms with E-state index in [1.165, 1.54) is 17.2 Å². The third kappa shape index (κ3) is 7.78. The minimum absolute atomic E-state index is 0.0414. The van der Waals surface area contributed by atoms with Gasteiger partial charge in [-0.25, -0.2) is 0 Å². The molecule has 3 aromatic rings. The predicted molar refractivity (Wildman–Crippen MR) is 154 cm³/mol. The molecule has 1 saturated heterocycles. The molecule has 1 aliphatic heterocycles. The third-order valence-electron chi connectivity index (χ3n) is 6.88. The number of nitrogens with one attached hydrogen (secondary N) is 2. The van der Waals surface area contributed by atoms with Gasteiger partial charge < -0.3 is 21.3 Å². The molecule has 6 nitrogen and oxygen atoms in total. The summed E-state index contributed by atoms with van der Waals surface area (Å²) < 4.78 is 0. The molecule has 7 heteroatoms. The maximum atomic E-state index is 13.6. The molecule has 1 fully saturated rings. The van der Waals surface area contributed by atoms with E-state index in [0.29, 0.717) is 37.6 Å². The second-order valence-electron chi connectivity index (χ2n) is 9.57. The van der Waals surface area contributed by atoms with Crippen LogP contribution in [0, 0.1) is 0 Å². The monoisotopic (exact) mass is 530 g/mol. The van der Waals surface area contributed by atoms with Crippen LogP contribution in [0.15, 0.2) is 91.0 Å². The number of nitrogens with two attached hydrogens (primary N) is 1. The molecule has 198 valence electrons. The zero-order valence-electron chi connectivity index (χ0n) is 21.4.